The van der Waals surface area contributed by atoms with Gasteiger partial charge in [0.1, 0.15) is 0 Å². The molecule has 0 aromatic carbocycles. The molecule has 1 rings (SSSR count). The molecule has 1 heterocycles. The topological polar surface area (TPSA) is 29.1 Å². The Morgan fingerprint density at radius 1 is 1.78 bits per heavy atom. The molecule has 1 aliphatic rings. The number of alkyl halides is 2. The van der Waals surface area contributed by atoms with Gasteiger partial charge in [-0.05, 0) is 0 Å². The summed E-state index contributed by atoms with van der Waals surface area (Å²) in [4.78, 5) is 13.0. The average molecular weight is 240 g/mol. The van der Waals surface area contributed by atoms with Crippen LogP contribution in [0.25, 0.3) is 0 Å². The summed E-state index contributed by atoms with van der Waals surface area (Å²) in [6, 6.07) is 0. The fourth-order valence-electron chi connectivity index (χ4n) is 0.930. The predicted octanol–water partition coefficient (Wildman–Crippen LogP) is -3.02. The fraction of sp³-hybridized carbons (Fsp3) is 0.833. The number of amides is 1. The zero-order valence-electron chi connectivity index (χ0n) is 5.48. The monoisotopic (exact) mass is 240 g/mol. The third kappa shape index (κ3) is 2.12. The molecule has 1 N–H and O–H groups in total. The zero-order chi connectivity index (χ0) is 6.69. The van der Waals surface area contributed by atoms with Crippen molar-refractivity contribution in [3.63, 3.8) is 0 Å². The standard InChI is InChI=1S/C6H11INO/c1-7-5-2-3-8-6(9)4-5/h5H,2-4H2,1H3,(H,8,9)/q-1/t5-/m0/s1. The van der Waals surface area contributed by atoms with Crippen molar-refractivity contribution in [3.8, 4) is 0 Å². The Kier molecular flexibility index (Phi) is 2.75. The molecule has 1 aliphatic heterocycles. The molecule has 0 spiro atoms. The van der Waals surface area contributed by atoms with Gasteiger partial charge in [0, 0.05) is 0 Å². The summed E-state index contributed by atoms with van der Waals surface area (Å²) < 4.78 is 0.762. The summed E-state index contributed by atoms with van der Waals surface area (Å²) in [6.07, 6.45) is 2.01. The summed E-state index contributed by atoms with van der Waals surface area (Å²) in [5.74, 6) is 0.257. The Morgan fingerprint density at radius 3 is 3.00 bits per heavy atom. The number of nitrogens with one attached hydrogen (secondary N) is 1. The molecule has 1 amide bonds. The second-order valence-electron chi connectivity index (χ2n) is 2.16. The van der Waals surface area contributed by atoms with Crippen molar-refractivity contribution in [2.45, 2.75) is 16.8 Å². The van der Waals surface area contributed by atoms with E-state index >= 15 is 0 Å². The van der Waals surface area contributed by atoms with Crippen molar-refractivity contribution in [3.05, 3.63) is 0 Å². The van der Waals surface area contributed by atoms with Crippen LogP contribution in [0.4, 0.5) is 0 Å². The molecule has 1 saturated heterocycles. The van der Waals surface area contributed by atoms with Gasteiger partial charge in [-0.25, -0.2) is 0 Å². The third-order valence-corrected chi connectivity index (χ3v) is 4.32. The first kappa shape index (κ1) is 7.31. The van der Waals surface area contributed by atoms with E-state index in [4.69, 9.17) is 0 Å². The van der Waals surface area contributed by atoms with E-state index < -0.39 is 0 Å². The van der Waals surface area contributed by atoms with E-state index in [0.29, 0.717) is 21.2 Å². The minimum absolute atomic E-state index is 0.257. The van der Waals surface area contributed by atoms with Crippen molar-refractivity contribution in [1.29, 1.82) is 0 Å². The second kappa shape index (κ2) is 3.39. The molecule has 0 radical (unpaired) electrons. The summed E-state index contributed by atoms with van der Waals surface area (Å²) in [7, 11) is 0. The zero-order valence-corrected chi connectivity index (χ0v) is 7.64. The molecule has 0 aromatic heterocycles. The van der Waals surface area contributed by atoms with Gasteiger partial charge in [0.15, 0.2) is 0 Å². The van der Waals surface area contributed by atoms with Crippen LogP contribution in [-0.4, -0.2) is 21.3 Å². The maximum atomic E-state index is 10.7. The van der Waals surface area contributed by atoms with Gasteiger partial charge in [0.25, 0.3) is 0 Å². The van der Waals surface area contributed by atoms with Crippen molar-refractivity contribution >= 4 is 5.91 Å². The molecule has 1 fully saturated rings. The van der Waals surface area contributed by atoms with Crippen LogP contribution < -0.4 is 26.5 Å². The van der Waals surface area contributed by atoms with Crippen LogP contribution in [0, 0.1) is 0 Å². The van der Waals surface area contributed by atoms with E-state index in [1.54, 1.807) is 0 Å². The van der Waals surface area contributed by atoms with Gasteiger partial charge in [0.2, 0.25) is 0 Å². The molecular formula is C6H11INO-. The molecule has 2 nitrogen and oxygen atoms in total. The third-order valence-electron chi connectivity index (χ3n) is 1.50. The van der Waals surface area contributed by atoms with Crippen molar-refractivity contribution < 1.29 is 26.0 Å². The molecule has 0 unspecified atom stereocenters. The Bertz CT molecular complexity index is 116. The van der Waals surface area contributed by atoms with E-state index in [-0.39, 0.29) is 5.91 Å². The van der Waals surface area contributed by atoms with E-state index in [9.17, 15) is 4.79 Å². The molecule has 3 heteroatoms. The normalized spacial score (nSPS) is 28.1. The van der Waals surface area contributed by atoms with Crippen molar-refractivity contribution in [2.75, 3.05) is 11.5 Å². The number of rotatable bonds is 1. The second-order valence-corrected chi connectivity index (χ2v) is 5.17. The van der Waals surface area contributed by atoms with Gasteiger partial charge in [-0.2, -0.15) is 0 Å². The molecule has 1 atom stereocenters. The number of carbonyl (C=O) groups is 1. The van der Waals surface area contributed by atoms with Crippen molar-refractivity contribution in [1.82, 2.24) is 5.32 Å². The summed E-state index contributed by atoms with van der Waals surface area (Å²) in [5.41, 5.74) is 0. The van der Waals surface area contributed by atoms with Gasteiger partial charge in [-0.1, -0.05) is 0 Å². The fourth-order valence-corrected chi connectivity index (χ4v) is 2.70. The Morgan fingerprint density at radius 2 is 2.56 bits per heavy atom. The van der Waals surface area contributed by atoms with Gasteiger partial charge < -0.3 is 0 Å². The van der Waals surface area contributed by atoms with Gasteiger partial charge in [0.05, 0.1) is 0 Å². The van der Waals surface area contributed by atoms with Crippen molar-refractivity contribution in [2.24, 2.45) is 0 Å². The van der Waals surface area contributed by atoms with Gasteiger partial charge >= 0.3 is 65.5 Å². The maximum absolute atomic E-state index is 10.7. The number of piperidine rings is 1. The molecular weight excluding hydrogens is 229 g/mol. The van der Waals surface area contributed by atoms with Crippen LogP contribution in [-0.2, 0) is 4.79 Å². The molecule has 0 bridgehead atoms. The minimum atomic E-state index is 0.257. The molecule has 0 aliphatic carbocycles. The van der Waals surface area contributed by atoms with Crippen LogP contribution in [0.3, 0.4) is 0 Å². The summed E-state index contributed by atoms with van der Waals surface area (Å²) in [5, 5.41) is 2.82. The molecule has 9 heavy (non-hydrogen) atoms. The molecule has 0 aromatic rings. The SMILES string of the molecule is C[I-][C@H]1CCNC(=O)C1. The number of carbonyl (C=O) groups excluding carboxylic acids is 1. The average Bonchev–Trinajstić information content (AvgIpc) is 1.88. The molecule has 54 valence electrons. The van der Waals surface area contributed by atoms with Crippen LogP contribution >= 0.6 is 0 Å². The van der Waals surface area contributed by atoms with E-state index in [0.717, 1.165) is 16.9 Å². The van der Waals surface area contributed by atoms with Crippen LogP contribution in [0.1, 0.15) is 12.8 Å². The number of hydrogen-bond acceptors (Lipinski definition) is 1. The van der Waals surface area contributed by atoms with E-state index in [2.05, 4.69) is 10.2 Å². The van der Waals surface area contributed by atoms with Gasteiger partial charge in [-0.15, -0.1) is 0 Å². The first-order valence-corrected chi connectivity index (χ1v) is 6.48. The Balaban J connectivity index is 2.32. The van der Waals surface area contributed by atoms with Crippen LogP contribution in [0.15, 0.2) is 0 Å². The molecule has 0 saturated carbocycles. The Hall–Kier alpha value is 0.200. The van der Waals surface area contributed by atoms with Gasteiger partial charge in [-0.3, -0.25) is 0 Å². The van der Waals surface area contributed by atoms with Crippen LogP contribution in [0.2, 0.25) is 0 Å². The summed E-state index contributed by atoms with van der Waals surface area (Å²) >= 11 is 0.298. The number of hydrogen-bond donors (Lipinski definition) is 1. The van der Waals surface area contributed by atoms with E-state index in [1.807, 2.05) is 0 Å². The van der Waals surface area contributed by atoms with Crippen LogP contribution in [0.5, 0.6) is 0 Å². The first-order chi connectivity index (χ1) is 4.33. The van der Waals surface area contributed by atoms with E-state index in [1.165, 1.54) is 6.42 Å². The summed E-state index contributed by atoms with van der Waals surface area (Å²) in [6.45, 7) is 0.914. The Labute approximate surface area is 65.7 Å². The number of halogens is 1. The first-order valence-electron chi connectivity index (χ1n) is 3.07. The quantitative estimate of drug-likeness (QED) is 0.384. The predicted molar refractivity (Wildman–Crippen MR) is 32.0 cm³/mol.